The Balaban J connectivity index is 2.02. The van der Waals surface area contributed by atoms with E-state index in [1.165, 1.54) is 18.3 Å². The van der Waals surface area contributed by atoms with Crippen molar-refractivity contribution >= 4 is 35.1 Å². The van der Waals surface area contributed by atoms with E-state index in [0.717, 1.165) is 0 Å². The molecule has 1 aromatic carbocycles. The van der Waals surface area contributed by atoms with Crippen LogP contribution in [0.4, 0.5) is 25.0 Å². The topological polar surface area (TPSA) is 83.1 Å². The first-order valence-electron chi connectivity index (χ1n) is 7.46. The molecule has 0 aliphatic rings. The number of nitrogens with one attached hydrogen (secondary N) is 3. The highest BCUT2D eigenvalue weighted by Gasteiger charge is 2.16. The second-order valence-corrected chi connectivity index (χ2v) is 5.87. The Hall–Kier alpha value is -2.94. The molecular formula is C17H16F2N4O2S. The van der Waals surface area contributed by atoms with Crippen LogP contribution in [-0.2, 0) is 0 Å². The number of urea groups is 1. The van der Waals surface area contributed by atoms with Crippen LogP contribution >= 0.6 is 11.8 Å². The van der Waals surface area contributed by atoms with Gasteiger partial charge in [0.1, 0.15) is 5.03 Å². The lowest BCUT2D eigenvalue weighted by molar-refractivity contribution is 0.102. The van der Waals surface area contributed by atoms with Gasteiger partial charge in [0.25, 0.3) is 11.7 Å². The van der Waals surface area contributed by atoms with Gasteiger partial charge in [-0.1, -0.05) is 6.08 Å². The summed E-state index contributed by atoms with van der Waals surface area (Å²) in [4.78, 5) is 27.6. The van der Waals surface area contributed by atoms with Gasteiger partial charge in [-0.25, -0.2) is 9.78 Å². The van der Waals surface area contributed by atoms with Crippen molar-refractivity contribution < 1.29 is 18.4 Å². The second kappa shape index (κ2) is 9.52. The number of thioether (sulfide) groups is 1. The summed E-state index contributed by atoms with van der Waals surface area (Å²) < 4.78 is 25.1. The van der Waals surface area contributed by atoms with E-state index in [1.54, 1.807) is 30.3 Å². The number of halogens is 2. The normalized spacial score (nSPS) is 10.3. The van der Waals surface area contributed by atoms with Crippen molar-refractivity contribution in [2.24, 2.45) is 0 Å². The molecule has 3 N–H and O–H groups in total. The van der Waals surface area contributed by atoms with Crippen LogP contribution in [0.1, 0.15) is 10.4 Å². The number of aromatic nitrogens is 1. The number of hydrogen-bond donors (Lipinski definition) is 3. The highest BCUT2D eigenvalue weighted by molar-refractivity contribution is 7.99. The Morgan fingerprint density at radius 2 is 1.81 bits per heavy atom. The van der Waals surface area contributed by atoms with Crippen molar-refractivity contribution in [1.82, 2.24) is 10.3 Å². The monoisotopic (exact) mass is 378 g/mol. The minimum Gasteiger partial charge on any atom is -0.334 e. The molecule has 0 unspecified atom stereocenters. The van der Waals surface area contributed by atoms with Crippen LogP contribution in [0.15, 0.2) is 60.3 Å². The Kier molecular flexibility index (Phi) is 7.10. The van der Waals surface area contributed by atoms with E-state index in [2.05, 4.69) is 27.5 Å². The van der Waals surface area contributed by atoms with Gasteiger partial charge in [-0.05, 0) is 48.2 Å². The third-order valence-electron chi connectivity index (χ3n) is 3.02. The molecule has 0 bridgehead atoms. The number of benzene rings is 1. The van der Waals surface area contributed by atoms with Gasteiger partial charge < -0.3 is 16.0 Å². The molecule has 0 aliphatic carbocycles. The smallest absolute Gasteiger partial charge is 0.319 e. The third-order valence-corrected chi connectivity index (χ3v) is 3.75. The zero-order chi connectivity index (χ0) is 18.9. The van der Waals surface area contributed by atoms with Crippen molar-refractivity contribution in [3.63, 3.8) is 0 Å². The van der Waals surface area contributed by atoms with Gasteiger partial charge in [-0.15, -0.1) is 6.58 Å². The number of nitrogens with zero attached hydrogens (tertiary/aromatic N) is 1. The molecule has 0 saturated carbocycles. The number of carbonyl (C=O) groups excluding carboxylic acids is 2. The fourth-order valence-corrected chi connectivity index (χ4v) is 2.50. The largest absolute Gasteiger partial charge is 0.334 e. The molecule has 1 aromatic heterocycles. The fourth-order valence-electron chi connectivity index (χ4n) is 1.92. The molecule has 1 heterocycles. The van der Waals surface area contributed by atoms with E-state index < -0.39 is 11.7 Å². The van der Waals surface area contributed by atoms with Gasteiger partial charge in [-0.2, -0.15) is 8.78 Å². The molecule has 26 heavy (non-hydrogen) atoms. The molecule has 136 valence electrons. The number of carbonyl (C=O) groups is 2. The van der Waals surface area contributed by atoms with Crippen molar-refractivity contribution in [1.29, 1.82) is 0 Å². The van der Waals surface area contributed by atoms with E-state index in [0.29, 0.717) is 17.9 Å². The predicted molar refractivity (Wildman–Crippen MR) is 97.7 cm³/mol. The molecule has 0 saturated heterocycles. The number of pyridine rings is 1. The molecular weight excluding hydrogens is 362 g/mol. The lowest BCUT2D eigenvalue weighted by Gasteiger charge is -2.10. The number of rotatable bonds is 7. The van der Waals surface area contributed by atoms with Crippen LogP contribution < -0.4 is 16.0 Å². The van der Waals surface area contributed by atoms with E-state index in [-0.39, 0.29) is 28.4 Å². The maximum absolute atomic E-state index is 12.6. The lowest BCUT2D eigenvalue weighted by Crippen LogP contribution is -2.28. The fraction of sp³-hybridized carbons (Fsp3) is 0.118. The maximum Gasteiger partial charge on any atom is 0.319 e. The molecule has 9 heteroatoms. The number of amides is 3. The summed E-state index contributed by atoms with van der Waals surface area (Å²) in [5.41, 5.74) is 1.03. The average Bonchev–Trinajstić information content (AvgIpc) is 2.61. The molecule has 0 aliphatic heterocycles. The van der Waals surface area contributed by atoms with Gasteiger partial charge in [0.2, 0.25) is 0 Å². The highest BCUT2D eigenvalue weighted by Crippen LogP contribution is 2.27. The summed E-state index contributed by atoms with van der Waals surface area (Å²) in [5, 5.41) is 7.74. The molecule has 0 radical (unpaired) electrons. The van der Waals surface area contributed by atoms with Crippen LogP contribution in [0.3, 0.4) is 0 Å². The molecule has 6 nitrogen and oxygen atoms in total. The van der Waals surface area contributed by atoms with Crippen LogP contribution in [0.2, 0.25) is 0 Å². The van der Waals surface area contributed by atoms with Gasteiger partial charge in [0.05, 0.1) is 5.56 Å². The third kappa shape index (κ3) is 5.85. The first-order valence-corrected chi connectivity index (χ1v) is 8.34. The van der Waals surface area contributed by atoms with E-state index in [9.17, 15) is 18.4 Å². The lowest BCUT2D eigenvalue weighted by atomic mass is 10.2. The quantitative estimate of drug-likeness (QED) is 0.503. The first kappa shape index (κ1) is 19.4. The van der Waals surface area contributed by atoms with Crippen LogP contribution in [-0.4, -0.2) is 29.2 Å². The summed E-state index contributed by atoms with van der Waals surface area (Å²) >= 11 is 0.213. The van der Waals surface area contributed by atoms with Crippen LogP contribution in [0.25, 0.3) is 0 Å². The summed E-state index contributed by atoms with van der Waals surface area (Å²) in [6.07, 6.45) is 2.90. The van der Waals surface area contributed by atoms with Gasteiger partial charge in [-0.3, -0.25) is 4.79 Å². The van der Waals surface area contributed by atoms with Crippen molar-refractivity contribution in [2.45, 2.75) is 10.8 Å². The zero-order valence-corrected chi connectivity index (χ0v) is 14.4. The molecule has 2 rings (SSSR count). The molecule has 0 atom stereocenters. The first-order chi connectivity index (χ1) is 12.5. The van der Waals surface area contributed by atoms with Gasteiger partial charge in [0.15, 0.2) is 0 Å². The van der Waals surface area contributed by atoms with Gasteiger partial charge >= 0.3 is 6.03 Å². The van der Waals surface area contributed by atoms with Crippen molar-refractivity contribution in [3.05, 3.63) is 60.8 Å². The van der Waals surface area contributed by atoms with Crippen molar-refractivity contribution in [3.8, 4) is 0 Å². The predicted octanol–water partition coefficient (Wildman–Crippen LogP) is 3.96. The Morgan fingerprint density at radius 1 is 1.15 bits per heavy atom. The number of hydrogen-bond acceptors (Lipinski definition) is 4. The molecule has 0 fully saturated rings. The highest BCUT2D eigenvalue weighted by atomic mass is 32.2. The van der Waals surface area contributed by atoms with Crippen molar-refractivity contribution in [2.75, 3.05) is 17.2 Å². The van der Waals surface area contributed by atoms with Gasteiger partial charge in [0, 0.05) is 24.1 Å². The average molecular weight is 378 g/mol. The molecule has 2 aromatic rings. The number of alkyl halides is 2. The van der Waals surface area contributed by atoms with Crippen LogP contribution in [0, 0.1) is 0 Å². The summed E-state index contributed by atoms with van der Waals surface area (Å²) in [6, 6.07) is 8.90. The Bertz CT molecular complexity index is 785. The summed E-state index contributed by atoms with van der Waals surface area (Å²) in [6.45, 7) is 3.83. The summed E-state index contributed by atoms with van der Waals surface area (Å²) in [5.74, 6) is -3.22. The maximum atomic E-state index is 12.6. The Labute approximate surface area is 153 Å². The SMILES string of the molecule is C=CCNC(=O)Nc1ccc(NC(=O)c2cccnc2SC(F)F)cc1. The zero-order valence-electron chi connectivity index (χ0n) is 13.5. The second-order valence-electron chi connectivity index (χ2n) is 4.89. The van der Waals surface area contributed by atoms with Crippen LogP contribution in [0.5, 0.6) is 0 Å². The Morgan fingerprint density at radius 3 is 2.42 bits per heavy atom. The summed E-state index contributed by atoms with van der Waals surface area (Å²) in [7, 11) is 0. The minimum atomic E-state index is -2.67. The molecule has 0 spiro atoms. The van der Waals surface area contributed by atoms with E-state index in [1.807, 2.05) is 0 Å². The minimum absolute atomic E-state index is 0.0443. The standard InChI is InChI=1S/C17H16F2N4O2S/c1-2-9-21-17(25)23-12-7-5-11(6-8-12)22-14(24)13-4-3-10-20-15(13)26-16(18)19/h2-8,10,16H,1,9H2,(H,22,24)(H2,21,23,25). The van der Waals surface area contributed by atoms with E-state index in [4.69, 9.17) is 0 Å². The number of anilines is 2. The molecule has 3 amide bonds. The van der Waals surface area contributed by atoms with E-state index >= 15 is 0 Å².